The topological polar surface area (TPSA) is 76.1 Å². The Bertz CT molecular complexity index is 526. The highest BCUT2D eigenvalue weighted by molar-refractivity contribution is 7.92. The Balaban J connectivity index is 2.77. The molecule has 1 aromatic rings. The first-order valence-electron chi connectivity index (χ1n) is 5.82. The van der Waals surface area contributed by atoms with Gasteiger partial charge in [0.05, 0.1) is 5.75 Å². The Morgan fingerprint density at radius 3 is 2.72 bits per heavy atom. The summed E-state index contributed by atoms with van der Waals surface area (Å²) >= 11 is 0. The van der Waals surface area contributed by atoms with E-state index in [-0.39, 0.29) is 5.75 Å². The van der Waals surface area contributed by atoms with E-state index in [1.54, 1.807) is 25.3 Å². The molecule has 1 N–H and O–H groups in total. The number of rotatable bonds is 5. The van der Waals surface area contributed by atoms with Crippen LogP contribution in [0.5, 0.6) is 0 Å². The number of hydrogen-bond donors (Lipinski definition) is 1. The van der Waals surface area contributed by atoms with Gasteiger partial charge in [-0.05, 0) is 38.0 Å². The van der Waals surface area contributed by atoms with Crippen molar-refractivity contribution in [3.63, 3.8) is 0 Å². The maximum Gasteiger partial charge on any atom is 0.243 e. The van der Waals surface area contributed by atoms with E-state index in [0.717, 1.165) is 5.56 Å². The fourth-order valence-corrected chi connectivity index (χ4v) is 2.76. The summed E-state index contributed by atoms with van der Waals surface area (Å²) in [5.41, 5.74) is 0.948. The summed E-state index contributed by atoms with van der Waals surface area (Å²) in [5, 5.41) is 1.46. The van der Waals surface area contributed by atoms with Crippen molar-refractivity contribution in [2.24, 2.45) is 0 Å². The highest BCUT2D eigenvalue weighted by atomic mass is 32.2. The van der Waals surface area contributed by atoms with Gasteiger partial charge in [-0.2, -0.15) is 0 Å². The van der Waals surface area contributed by atoms with Crippen LogP contribution in [0.2, 0.25) is 0 Å². The number of sulfone groups is 1. The molecule has 0 aliphatic rings. The number of amides is 1. The number of carbonyl (C=O) groups is 1. The van der Waals surface area contributed by atoms with Crippen LogP contribution in [0.1, 0.15) is 25.8 Å². The van der Waals surface area contributed by atoms with Gasteiger partial charge in [0.2, 0.25) is 5.91 Å². The molecule has 0 aliphatic heterocycles. The third-order valence-electron chi connectivity index (χ3n) is 2.56. The van der Waals surface area contributed by atoms with Crippen LogP contribution >= 0.6 is 0 Å². The predicted octanol–water partition coefficient (Wildman–Crippen LogP) is 1.54. The number of nitrogens with zero attached hydrogens (tertiary/aromatic N) is 1. The smallest absolute Gasteiger partial charge is 0.243 e. The fourth-order valence-electron chi connectivity index (χ4n) is 1.46. The number of aromatic nitrogens is 1. The van der Waals surface area contributed by atoms with Crippen molar-refractivity contribution < 1.29 is 13.2 Å². The van der Waals surface area contributed by atoms with Gasteiger partial charge in [-0.3, -0.25) is 4.79 Å². The van der Waals surface area contributed by atoms with Crippen LogP contribution < -0.4 is 5.32 Å². The molecule has 6 heteroatoms. The maximum absolute atomic E-state index is 11.8. The van der Waals surface area contributed by atoms with Crippen LogP contribution in [0, 0.1) is 6.92 Å². The number of carbonyl (C=O) groups excluding carboxylic acids is 1. The molecule has 100 valence electrons. The van der Waals surface area contributed by atoms with Gasteiger partial charge in [0.25, 0.3) is 0 Å². The highest BCUT2D eigenvalue weighted by Gasteiger charge is 2.27. The molecule has 0 spiro atoms. The van der Waals surface area contributed by atoms with Crippen molar-refractivity contribution in [3.8, 4) is 0 Å². The van der Waals surface area contributed by atoms with Crippen LogP contribution in [0.15, 0.2) is 18.3 Å². The van der Waals surface area contributed by atoms with E-state index in [1.807, 2.05) is 6.92 Å². The van der Waals surface area contributed by atoms with Gasteiger partial charge in [0, 0.05) is 6.20 Å². The number of aryl methyl sites for hydroxylation is 1. The highest BCUT2D eigenvalue weighted by Crippen LogP contribution is 2.09. The summed E-state index contributed by atoms with van der Waals surface area (Å²) in [6.45, 7) is 5.04. The molecule has 18 heavy (non-hydrogen) atoms. The molecular weight excluding hydrogens is 252 g/mol. The van der Waals surface area contributed by atoms with E-state index < -0.39 is 21.0 Å². The summed E-state index contributed by atoms with van der Waals surface area (Å²) in [6, 6.07) is 3.49. The van der Waals surface area contributed by atoms with Gasteiger partial charge >= 0.3 is 0 Å². The molecule has 1 amide bonds. The lowest BCUT2D eigenvalue weighted by Crippen LogP contribution is -2.34. The van der Waals surface area contributed by atoms with Crippen molar-refractivity contribution in [2.75, 3.05) is 11.1 Å². The molecule has 0 radical (unpaired) electrons. The van der Waals surface area contributed by atoms with E-state index in [9.17, 15) is 13.2 Å². The van der Waals surface area contributed by atoms with E-state index in [0.29, 0.717) is 12.2 Å². The lowest BCUT2D eigenvalue weighted by Gasteiger charge is -2.12. The zero-order chi connectivity index (χ0) is 13.8. The predicted molar refractivity (Wildman–Crippen MR) is 71.1 cm³/mol. The van der Waals surface area contributed by atoms with Crippen LogP contribution in [0.3, 0.4) is 0 Å². The largest absolute Gasteiger partial charge is 0.310 e. The van der Waals surface area contributed by atoms with Crippen molar-refractivity contribution in [2.45, 2.75) is 32.4 Å². The van der Waals surface area contributed by atoms with E-state index in [4.69, 9.17) is 0 Å². The van der Waals surface area contributed by atoms with Crippen molar-refractivity contribution in [1.29, 1.82) is 0 Å². The molecule has 0 saturated heterocycles. The van der Waals surface area contributed by atoms with Gasteiger partial charge in [-0.1, -0.05) is 6.92 Å². The second-order valence-electron chi connectivity index (χ2n) is 4.22. The first-order chi connectivity index (χ1) is 8.36. The molecule has 0 fully saturated rings. The SMILES string of the molecule is CCCS(=O)(=O)C(C)C(=O)Nc1cc(C)ccn1. The standard InChI is InChI=1S/C12H18N2O3S/c1-4-7-18(16,17)10(3)12(15)14-11-8-9(2)5-6-13-11/h5-6,8,10H,4,7H2,1-3H3,(H,13,14,15). The number of hydrogen-bond acceptors (Lipinski definition) is 4. The van der Waals surface area contributed by atoms with Crippen molar-refractivity contribution >= 4 is 21.6 Å². The Morgan fingerprint density at radius 1 is 1.50 bits per heavy atom. The third kappa shape index (κ3) is 3.80. The van der Waals surface area contributed by atoms with Gasteiger partial charge < -0.3 is 5.32 Å². The number of pyridine rings is 1. The minimum Gasteiger partial charge on any atom is -0.310 e. The molecule has 1 unspecified atom stereocenters. The monoisotopic (exact) mass is 270 g/mol. The zero-order valence-electron chi connectivity index (χ0n) is 10.8. The Labute approximate surface area is 108 Å². The molecule has 1 rings (SSSR count). The van der Waals surface area contributed by atoms with E-state index in [2.05, 4.69) is 10.3 Å². The molecule has 1 heterocycles. The second kappa shape index (κ2) is 5.95. The van der Waals surface area contributed by atoms with E-state index >= 15 is 0 Å². The molecule has 0 aromatic carbocycles. The van der Waals surface area contributed by atoms with E-state index in [1.165, 1.54) is 6.92 Å². The molecule has 1 atom stereocenters. The maximum atomic E-state index is 11.8. The second-order valence-corrected chi connectivity index (χ2v) is 6.66. The van der Waals surface area contributed by atoms with Crippen molar-refractivity contribution in [3.05, 3.63) is 23.9 Å². The average molecular weight is 270 g/mol. The average Bonchev–Trinajstić information content (AvgIpc) is 2.27. The van der Waals surface area contributed by atoms with Gasteiger partial charge in [0.1, 0.15) is 11.1 Å². The normalized spacial score (nSPS) is 13.1. The minimum atomic E-state index is -3.38. The Kier molecular flexibility index (Phi) is 4.84. The van der Waals surface area contributed by atoms with Crippen LogP contribution in [0.4, 0.5) is 5.82 Å². The van der Waals surface area contributed by atoms with Gasteiger partial charge in [-0.15, -0.1) is 0 Å². The summed E-state index contributed by atoms with van der Waals surface area (Å²) in [5.74, 6) is -0.150. The van der Waals surface area contributed by atoms with Crippen LogP contribution in [0.25, 0.3) is 0 Å². The third-order valence-corrected chi connectivity index (χ3v) is 4.83. The number of anilines is 1. The quantitative estimate of drug-likeness (QED) is 0.880. The molecule has 0 bridgehead atoms. The zero-order valence-corrected chi connectivity index (χ0v) is 11.6. The summed E-state index contributed by atoms with van der Waals surface area (Å²) in [4.78, 5) is 15.8. The first-order valence-corrected chi connectivity index (χ1v) is 7.53. The summed E-state index contributed by atoms with van der Waals surface area (Å²) in [7, 11) is -3.38. The Morgan fingerprint density at radius 2 is 2.17 bits per heavy atom. The molecule has 0 saturated carbocycles. The van der Waals surface area contributed by atoms with Crippen LogP contribution in [-0.2, 0) is 14.6 Å². The minimum absolute atomic E-state index is 0.0167. The summed E-state index contributed by atoms with van der Waals surface area (Å²) in [6.07, 6.45) is 2.07. The fraction of sp³-hybridized carbons (Fsp3) is 0.500. The molecular formula is C12H18N2O3S. The van der Waals surface area contributed by atoms with Gasteiger partial charge in [-0.25, -0.2) is 13.4 Å². The molecule has 0 aliphatic carbocycles. The molecule has 1 aromatic heterocycles. The lowest BCUT2D eigenvalue weighted by molar-refractivity contribution is -0.115. The van der Waals surface area contributed by atoms with Crippen molar-refractivity contribution in [1.82, 2.24) is 4.98 Å². The Hall–Kier alpha value is -1.43. The van der Waals surface area contributed by atoms with Crippen LogP contribution in [-0.4, -0.2) is 30.3 Å². The summed E-state index contributed by atoms with van der Waals surface area (Å²) < 4.78 is 23.5. The number of nitrogens with one attached hydrogen (secondary N) is 1. The lowest BCUT2D eigenvalue weighted by atomic mass is 10.3. The molecule has 5 nitrogen and oxygen atoms in total. The first kappa shape index (κ1) is 14.6. The van der Waals surface area contributed by atoms with Gasteiger partial charge in [0.15, 0.2) is 9.84 Å².